The molecule has 2 aliphatic rings. The number of hydrogen-bond donors (Lipinski definition) is 0. The molecule has 3 aromatic rings. The first-order valence-electron chi connectivity index (χ1n) is 11.3. The molecule has 0 saturated carbocycles. The third-order valence-electron chi connectivity index (χ3n) is 6.26. The fourth-order valence-corrected chi connectivity index (χ4v) is 4.66. The van der Waals surface area contributed by atoms with E-state index in [0.717, 1.165) is 52.0 Å². The summed E-state index contributed by atoms with van der Waals surface area (Å²) in [7, 11) is 0. The van der Waals surface area contributed by atoms with E-state index in [1.54, 1.807) is 6.21 Å². The molecule has 5 rings (SSSR count). The number of aryl methyl sites for hydroxylation is 2. The molecule has 0 bridgehead atoms. The molecule has 1 atom stereocenters. The second-order valence-electron chi connectivity index (χ2n) is 8.48. The molecule has 1 unspecified atom stereocenters. The largest absolute Gasteiger partial charge is 0.456 e. The SMILES string of the molecule is CC=Nc1cc2c(cc1C)C1(OC(=O)c3ccccc31)c1cc(C)c(N=CCCC)cc1O2. The van der Waals surface area contributed by atoms with Gasteiger partial charge in [-0.15, -0.1) is 0 Å². The van der Waals surface area contributed by atoms with E-state index in [1.807, 2.05) is 75.5 Å². The average molecular weight is 439 g/mol. The van der Waals surface area contributed by atoms with E-state index in [-0.39, 0.29) is 5.97 Å². The normalized spacial score (nSPS) is 18.4. The molecule has 5 nitrogen and oxygen atoms in total. The number of fused-ring (bicyclic) bond motifs is 6. The number of benzene rings is 3. The molecule has 2 heterocycles. The number of carbonyl (C=O) groups excluding carboxylic acids is 1. The Morgan fingerprint density at radius 1 is 0.909 bits per heavy atom. The Balaban J connectivity index is 1.81. The number of rotatable bonds is 4. The summed E-state index contributed by atoms with van der Waals surface area (Å²) in [5.74, 6) is 0.933. The van der Waals surface area contributed by atoms with E-state index in [0.29, 0.717) is 17.1 Å². The first-order chi connectivity index (χ1) is 16.0. The first kappa shape index (κ1) is 21.1. The minimum Gasteiger partial charge on any atom is -0.456 e. The number of hydrogen-bond acceptors (Lipinski definition) is 5. The van der Waals surface area contributed by atoms with Crippen molar-refractivity contribution in [3.63, 3.8) is 0 Å². The molecular formula is C28H26N2O3. The van der Waals surface area contributed by atoms with Crippen LogP contribution in [0.3, 0.4) is 0 Å². The lowest BCUT2D eigenvalue weighted by atomic mass is 9.76. The Kier molecular flexibility index (Phi) is 5.12. The van der Waals surface area contributed by atoms with Crippen molar-refractivity contribution in [3.8, 4) is 11.5 Å². The molecule has 0 aromatic heterocycles. The highest BCUT2D eigenvalue weighted by Crippen LogP contribution is 2.57. The van der Waals surface area contributed by atoms with Crippen molar-refractivity contribution in [1.29, 1.82) is 0 Å². The molecule has 1 spiro atoms. The predicted molar refractivity (Wildman–Crippen MR) is 131 cm³/mol. The van der Waals surface area contributed by atoms with Crippen LogP contribution < -0.4 is 4.74 Å². The minimum atomic E-state index is -1.08. The van der Waals surface area contributed by atoms with Gasteiger partial charge in [0.15, 0.2) is 5.60 Å². The van der Waals surface area contributed by atoms with E-state index in [4.69, 9.17) is 9.47 Å². The number of nitrogens with zero attached hydrogens (tertiary/aromatic N) is 2. The minimum absolute atomic E-state index is 0.333. The molecule has 3 aromatic carbocycles. The van der Waals surface area contributed by atoms with Crippen molar-refractivity contribution < 1.29 is 14.3 Å². The van der Waals surface area contributed by atoms with Crippen LogP contribution >= 0.6 is 0 Å². The number of ether oxygens (including phenoxy) is 2. The van der Waals surface area contributed by atoms with E-state index >= 15 is 0 Å². The number of unbranched alkanes of at least 4 members (excludes halogenated alkanes) is 1. The number of aliphatic imine (C=N–C) groups is 2. The lowest BCUT2D eigenvalue weighted by Gasteiger charge is -2.37. The Labute approximate surface area is 193 Å². The molecule has 0 N–H and O–H groups in total. The summed E-state index contributed by atoms with van der Waals surface area (Å²) in [6.07, 6.45) is 5.64. The van der Waals surface area contributed by atoms with Gasteiger partial charge in [0.05, 0.1) is 16.9 Å². The maximum Gasteiger partial charge on any atom is 0.340 e. The standard InChI is InChI=1S/C28H26N2O3/c1-5-7-12-30-24-16-26-22(14-18(24)4)28(20-11-9-8-10-19(20)27(31)33-28)21-13-17(3)23(29-6-2)15-25(21)32-26/h6,8-16H,5,7H2,1-4H3. The van der Waals surface area contributed by atoms with Crippen LogP contribution in [-0.4, -0.2) is 18.4 Å². The summed E-state index contributed by atoms with van der Waals surface area (Å²) in [6, 6.07) is 15.5. The van der Waals surface area contributed by atoms with Gasteiger partial charge in [-0.05, 0) is 56.5 Å². The Morgan fingerprint density at radius 3 is 2.18 bits per heavy atom. The summed E-state index contributed by atoms with van der Waals surface area (Å²) in [5.41, 5.74) is 5.59. The van der Waals surface area contributed by atoms with Crippen molar-refractivity contribution in [3.05, 3.63) is 81.9 Å². The number of carbonyl (C=O) groups is 1. The topological polar surface area (TPSA) is 60.2 Å². The Bertz CT molecular complexity index is 1340. The van der Waals surface area contributed by atoms with Crippen LogP contribution in [0.5, 0.6) is 11.5 Å². The zero-order chi connectivity index (χ0) is 23.2. The first-order valence-corrected chi connectivity index (χ1v) is 11.3. The quantitative estimate of drug-likeness (QED) is 0.322. The van der Waals surface area contributed by atoms with Gasteiger partial charge in [-0.3, -0.25) is 9.98 Å². The second kappa shape index (κ2) is 8.00. The molecule has 0 amide bonds. The summed E-state index contributed by atoms with van der Waals surface area (Å²) >= 11 is 0. The molecule has 2 aliphatic heterocycles. The predicted octanol–water partition coefficient (Wildman–Crippen LogP) is 7.10. The molecular weight excluding hydrogens is 412 g/mol. The fraction of sp³-hybridized carbons (Fsp3) is 0.250. The molecule has 33 heavy (non-hydrogen) atoms. The van der Waals surface area contributed by atoms with Crippen molar-refractivity contribution in [1.82, 2.24) is 0 Å². The summed E-state index contributed by atoms with van der Waals surface area (Å²) in [5, 5.41) is 0. The van der Waals surface area contributed by atoms with Crippen LogP contribution in [0.15, 0.2) is 58.5 Å². The van der Waals surface area contributed by atoms with E-state index < -0.39 is 5.60 Å². The summed E-state index contributed by atoms with van der Waals surface area (Å²) < 4.78 is 12.7. The van der Waals surface area contributed by atoms with Crippen molar-refractivity contribution in [2.45, 2.75) is 46.1 Å². The molecule has 0 aliphatic carbocycles. The molecule has 5 heteroatoms. The number of esters is 1. The van der Waals surface area contributed by atoms with Crippen LogP contribution in [-0.2, 0) is 10.3 Å². The van der Waals surface area contributed by atoms with Crippen molar-refractivity contribution in [2.75, 3.05) is 0 Å². The van der Waals surface area contributed by atoms with Crippen LogP contribution in [0.4, 0.5) is 11.4 Å². The third kappa shape index (κ3) is 3.18. The van der Waals surface area contributed by atoms with Gasteiger partial charge >= 0.3 is 5.97 Å². The van der Waals surface area contributed by atoms with Gasteiger partial charge in [0.2, 0.25) is 0 Å². The molecule has 0 radical (unpaired) electrons. The summed E-state index contributed by atoms with van der Waals surface area (Å²) in [6.45, 7) is 8.04. The third-order valence-corrected chi connectivity index (χ3v) is 6.26. The molecule has 166 valence electrons. The lowest BCUT2D eigenvalue weighted by Crippen LogP contribution is -2.33. The zero-order valence-electron chi connectivity index (χ0n) is 19.3. The smallest absolute Gasteiger partial charge is 0.340 e. The fourth-order valence-electron chi connectivity index (χ4n) is 4.66. The Hall–Kier alpha value is -3.73. The zero-order valence-corrected chi connectivity index (χ0v) is 19.3. The van der Waals surface area contributed by atoms with Gasteiger partial charge < -0.3 is 9.47 Å². The highest BCUT2D eigenvalue weighted by atomic mass is 16.6. The van der Waals surface area contributed by atoms with Crippen molar-refractivity contribution in [2.24, 2.45) is 9.98 Å². The van der Waals surface area contributed by atoms with Crippen LogP contribution in [0.2, 0.25) is 0 Å². The Morgan fingerprint density at radius 2 is 1.55 bits per heavy atom. The van der Waals surface area contributed by atoms with Gasteiger partial charge in [0, 0.05) is 41.3 Å². The maximum atomic E-state index is 13.0. The van der Waals surface area contributed by atoms with Crippen LogP contribution in [0, 0.1) is 13.8 Å². The van der Waals surface area contributed by atoms with E-state index in [1.165, 1.54) is 0 Å². The average Bonchev–Trinajstić information content (AvgIpc) is 3.10. The highest BCUT2D eigenvalue weighted by molar-refractivity contribution is 5.97. The van der Waals surface area contributed by atoms with Crippen LogP contribution in [0.1, 0.15) is 64.9 Å². The maximum absolute atomic E-state index is 13.0. The van der Waals surface area contributed by atoms with E-state index in [9.17, 15) is 4.79 Å². The van der Waals surface area contributed by atoms with Gasteiger partial charge in [-0.25, -0.2) is 4.79 Å². The lowest BCUT2D eigenvalue weighted by molar-refractivity contribution is 0.0224. The molecule has 0 fully saturated rings. The van der Waals surface area contributed by atoms with Crippen molar-refractivity contribution >= 4 is 29.8 Å². The van der Waals surface area contributed by atoms with Gasteiger partial charge in [-0.2, -0.15) is 0 Å². The van der Waals surface area contributed by atoms with Gasteiger partial charge in [0.1, 0.15) is 11.5 Å². The second-order valence-corrected chi connectivity index (χ2v) is 8.48. The highest BCUT2D eigenvalue weighted by Gasteiger charge is 2.53. The molecule has 0 saturated heterocycles. The summed E-state index contributed by atoms with van der Waals surface area (Å²) in [4.78, 5) is 22.2. The van der Waals surface area contributed by atoms with Crippen LogP contribution in [0.25, 0.3) is 0 Å². The van der Waals surface area contributed by atoms with E-state index in [2.05, 4.69) is 16.9 Å². The van der Waals surface area contributed by atoms with Gasteiger partial charge in [-0.1, -0.05) is 31.5 Å². The van der Waals surface area contributed by atoms with Gasteiger partial charge in [0.25, 0.3) is 0 Å². The monoisotopic (exact) mass is 438 g/mol.